The molecule has 0 saturated carbocycles. The first-order chi connectivity index (χ1) is 8.93. The maximum Gasteiger partial charge on any atom is 0.129 e. The van der Waals surface area contributed by atoms with Crippen molar-refractivity contribution in [2.45, 2.75) is 39.2 Å². The predicted molar refractivity (Wildman–Crippen MR) is 77.8 cm³/mol. The van der Waals surface area contributed by atoms with Crippen LogP contribution in [0.15, 0.2) is 41.0 Å². The Morgan fingerprint density at radius 2 is 1.74 bits per heavy atom. The van der Waals surface area contributed by atoms with Gasteiger partial charge in [0.15, 0.2) is 0 Å². The van der Waals surface area contributed by atoms with Gasteiger partial charge in [-0.3, -0.25) is 5.84 Å². The molecule has 0 aliphatic carbocycles. The third-order valence-electron chi connectivity index (χ3n) is 3.44. The van der Waals surface area contributed by atoms with E-state index in [1.807, 2.05) is 13.0 Å². The van der Waals surface area contributed by atoms with Crippen LogP contribution in [0.5, 0.6) is 0 Å². The summed E-state index contributed by atoms with van der Waals surface area (Å²) >= 11 is 0. The van der Waals surface area contributed by atoms with Crippen molar-refractivity contribution in [2.24, 2.45) is 5.84 Å². The molecule has 0 fully saturated rings. The fraction of sp³-hybridized carbons (Fsp3) is 0.375. The summed E-state index contributed by atoms with van der Waals surface area (Å²) in [5.41, 5.74) is 6.50. The number of aryl methyl sites for hydroxylation is 1. The second-order valence-corrected chi connectivity index (χ2v) is 5.94. The third-order valence-corrected chi connectivity index (χ3v) is 3.44. The predicted octanol–water partition coefficient (Wildman–Crippen LogP) is 3.44. The van der Waals surface area contributed by atoms with Crippen LogP contribution >= 0.6 is 0 Å². The summed E-state index contributed by atoms with van der Waals surface area (Å²) in [5, 5.41) is 0. The lowest BCUT2D eigenvalue weighted by Crippen LogP contribution is -2.29. The highest BCUT2D eigenvalue weighted by molar-refractivity contribution is 5.34. The molecule has 1 atom stereocenters. The van der Waals surface area contributed by atoms with E-state index in [0.717, 1.165) is 16.9 Å². The van der Waals surface area contributed by atoms with Gasteiger partial charge in [-0.2, -0.15) is 0 Å². The van der Waals surface area contributed by atoms with Gasteiger partial charge in [-0.15, -0.1) is 0 Å². The molecule has 0 amide bonds. The van der Waals surface area contributed by atoms with Crippen LogP contribution in [0.4, 0.5) is 0 Å². The highest BCUT2D eigenvalue weighted by Crippen LogP contribution is 2.28. The van der Waals surface area contributed by atoms with E-state index in [1.54, 1.807) is 6.26 Å². The van der Waals surface area contributed by atoms with E-state index in [0.29, 0.717) is 0 Å². The Morgan fingerprint density at radius 3 is 2.16 bits per heavy atom. The molecular weight excluding hydrogens is 236 g/mol. The summed E-state index contributed by atoms with van der Waals surface area (Å²) in [7, 11) is 0. The molecule has 1 heterocycles. The van der Waals surface area contributed by atoms with Crippen LogP contribution in [-0.2, 0) is 5.41 Å². The topological polar surface area (TPSA) is 51.2 Å². The van der Waals surface area contributed by atoms with Crippen LogP contribution in [0.25, 0.3) is 0 Å². The molecule has 3 nitrogen and oxygen atoms in total. The SMILES string of the molecule is Cc1ccoc1C(NN)c1ccc(C(C)(C)C)cc1. The highest BCUT2D eigenvalue weighted by Gasteiger charge is 2.19. The van der Waals surface area contributed by atoms with Gasteiger partial charge in [-0.25, -0.2) is 5.43 Å². The number of nitrogens with two attached hydrogens (primary N) is 1. The molecule has 0 aliphatic rings. The minimum absolute atomic E-state index is 0.107. The molecule has 3 heteroatoms. The number of nitrogens with one attached hydrogen (secondary N) is 1. The van der Waals surface area contributed by atoms with Crippen molar-refractivity contribution in [2.75, 3.05) is 0 Å². The molecule has 0 spiro atoms. The van der Waals surface area contributed by atoms with Crippen LogP contribution in [0.2, 0.25) is 0 Å². The average Bonchev–Trinajstić information content (AvgIpc) is 2.76. The van der Waals surface area contributed by atoms with Gasteiger partial charge in [0.25, 0.3) is 0 Å². The Morgan fingerprint density at radius 1 is 1.11 bits per heavy atom. The standard InChI is InChI=1S/C16H22N2O/c1-11-9-10-19-15(11)14(18-17)12-5-7-13(8-6-12)16(2,3)4/h5-10,14,18H,17H2,1-4H3. The first-order valence-corrected chi connectivity index (χ1v) is 6.54. The maximum atomic E-state index is 5.68. The van der Waals surface area contributed by atoms with Crippen LogP contribution in [0, 0.1) is 6.92 Å². The Hall–Kier alpha value is -1.58. The van der Waals surface area contributed by atoms with Crippen molar-refractivity contribution in [3.8, 4) is 0 Å². The molecule has 102 valence electrons. The zero-order chi connectivity index (χ0) is 14.0. The zero-order valence-electron chi connectivity index (χ0n) is 12.0. The zero-order valence-corrected chi connectivity index (χ0v) is 12.0. The Bertz CT molecular complexity index is 535. The smallest absolute Gasteiger partial charge is 0.129 e. The van der Waals surface area contributed by atoms with Crippen molar-refractivity contribution >= 4 is 0 Å². The summed E-state index contributed by atoms with van der Waals surface area (Å²) in [6.07, 6.45) is 1.69. The summed E-state index contributed by atoms with van der Waals surface area (Å²) in [6, 6.07) is 10.4. The second-order valence-electron chi connectivity index (χ2n) is 5.94. The molecule has 0 bridgehead atoms. The van der Waals surface area contributed by atoms with Crippen molar-refractivity contribution in [1.82, 2.24) is 5.43 Å². The van der Waals surface area contributed by atoms with Gasteiger partial charge in [0.2, 0.25) is 0 Å². The van der Waals surface area contributed by atoms with Crippen LogP contribution in [0.3, 0.4) is 0 Å². The lowest BCUT2D eigenvalue weighted by atomic mass is 9.86. The molecule has 2 aromatic rings. The highest BCUT2D eigenvalue weighted by atomic mass is 16.3. The van der Waals surface area contributed by atoms with E-state index < -0.39 is 0 Å². The van der Waals surface area contributed by atoms with Crippen molar-refractivity contribution < 1.29 is 4.42 Å². The summed E-state index contributed by atoms with van der Waals surface area (Å²) < 4.78 is 5.53. The van der Waals surface area contributed by atoms with E-state index in [2.05, 4.69) is 50.5 Å². The molecule has 19 heavy (non-hydrogen) atoms. The lowest BCUT2D eigenvalue weighted by molar-refractivity contribution is 0.449. The fourth-order valence-electron chi connectivity index (χ4n) is 2.18. The van der Waals surface area contributed by atoms with Gasteiger partial charge in [0, 0.05) is 0 Å². The maximum absolute atomic E-state index is 5.68. The van der Waals surface area contributed by atoms with E-state index >= 15 is 0 Å². The van der Waals surface area contributed by atoms with Crippen molar-refractivity contribution in [3.63, 3.8) is 0 Å². The van der Waals surface area contributed by atoms with Gasteiger partial charge in [-0.05, 0) is 35.1 Å². The Balaban J connectivity index is 2.33. The number of furan rings is 1. The Kier molecular flexibility index (Phi) is 3.78. The molecule has 1 aromatic carbocycles. The molecule has 0 saturated heterocycles. The van der Waals surface area contributed by atoms with Crippen LogP contribution < -0.4 is 11.3 Å². The van der Waals surface area contributed by atoms with Gasteiger partial charge in [0.05, 0.1) is 6.26 Å². The molecule has 2 rings (SSSR count). The van der Waals surface area contributed by atoms with E-state index in [9.17, 15) is 0 Å². The first-order valence-electron chi connectivity index (χ1n) is 6.54. The van der Waals surface area contributed by atoms with E-state index in [4.69, 9.17) is 10.3 Å². The van der Waals surface area contributed by atoms with E-state index in [-0.39, 0.29) is 11.5 Å². The van der Waals surface area contributed by atoms with Gasteiger partial charge < -0.3 is 4.42 Å². The van der Waals surface area contributed by atoms with Gasteiger partial charge in [-0.1, -0.05) is 45.0 Å². The van der Waals surface area contributed by atoms with Crippen LogP contribution in [-0.4, -0.2) is 0 Å². The molecular formula is C16H22N2O. The number of benzene rings is 1. The van der Waals surface area contributed by atoms with Gasteiger partial charge >= 0.3 is 0 Å². The number of rotatable bonds is 3. The minimum Gasteiger partial charge on any atom is -0.467 e. The summed E-state index contributed by atoms with van der Waals surface area (Å²) in [4.78, 5) is 0. The fourth-order valence-corrected chi connectivity index (χ4v) is 2.18. The summed E-state index contributed by atoms with van der Waals surface area (Å²) in [6.45, 7) is 8.64. The first kappa shape index (κ1) is 13.8. The van der Waals surface area contributed by atoms with Crippen molar-refractivity contribution in [3.05, 3.63) is 59.0 Å². The molecule has 1 unspecified atom stereocenters. The minimum atomic E-state index is -0.107. The van der Waals surface area contributed by atoms with Crippen LogP contribution in [0.1, 0.15) is 49.3 Å². The second kappa shape index (κ2) is 5.19. The van der Waals surface area contributed by atoms with E-state index in [1.165, 1.54) is 5.56 Å². The Labute approximate surface area is 114 Å². The number of hydrogen-bond acceptors (Lipinski definition) is 3. The monoisotopic (exact) mass is 258 g/mol. The normalized spacial score (nSPS) is 13.5. The third kappa shape index (κ3) is 2.88. The molecule has 1 aromatic heterocycles. The van der Waals surface area contributed by atoms with Gasteiger partial charge in [0.1, 0.15) is 11.8 Å². The number of hydrogen-bond donors (Lipinski definition) is 2. The molecule has 3 N–H and O–H groups in total. The average molecular weight is 258 g/mol. The summed E-state index contributed by atoms with van der Waals surface area (Å²) in [5.74, 6) is 6.55. The molecule has 0 aliphatic heterocycles. The number of hydrazine groups is 1. The molecule has 0 radical (unpaired) electrons. The quantitative estimate of drug-likeness (QED) is 0.655. The van der Waals surface area contributed by atoms with Crippen molar-refractivity contribution in [1.29, 1.82) is 0 Å². The largest absolute Gasteiger partial charge is 0.467 e. The lowest BCUT2D eigenvalue weighted by Gasteiger charge is -2.21.